The van der Waals surface area contributed by atoms with Crippen molar-refractivity contribution in [2.75, 3.05) is 18.0 Å². The van der Waals surface area contributed by atoms with E-state index in [9.17, 15) is 0 Å². The second kappa shape index (κ2) is 5.44. The van der Waals surface area contributed by atoms with Gasteiger partial charge in [0.2, 0.25) is 0 Å². The summed E-state index contributed by atoms with van der Waals surface area (Å²) < 4.78 is 0. The molecule has 5 nitrogen and oxygen atoms in total. The number of aromatic nitrogens is 2. The molecule has 5 heteroatoms. The smallest absolute Gasteiger partial charge is 0.139 e. The summed E-state index contributed by atoms with van der Waals surface area (Å²) in [4.78, 5) is 10.7. The average molecular weight is 243 g/mol. The van der Waals surface area contributed by atoms with Crippen LogP contribution in [0.1, 0.15) is 13.3 Å². The van der Waals surface area contributed by atoms with Crippen molar-refractivity contribution in [2.45, 2.75) is 13.3 Å². The Hall–Kier alpha value is -2.17. The Morgan fingerprint density at radius 3 is 2.83 bits per heavy atom. The topological polar surface area (TPSA) is 78.9 Å². The predicted molar refractivity (Wildman–Crippen MR) is 74.0 cm³/mol. The molecule has 0 aliphatic carbocycles. The Labute approximate surface area is 106 Å². The molecule has 0 fully saturated rings. The fraction of sp³-hybridized carbons (Fsp3) is 0.308. The van der Waals surface area contributed by atoms with Crippen LogP contribution in [-0.4, -0.2) is 28.9 Å². The molecule has 18 heavy (non-hydrogen) atoms. The van der Waals surface area contributed by atoms with E-state index in [1.165, 1.54) is 0 Å². The molecular weight excluding hydrogens is 226 g/mol. The van der Waals surface area contributed by atoms with Crippen LogP contribution in [0.5, 0.6) is 0 Å². The summed E-state index contributed by atoms with van der Waals surface area (Å²) in [6.45, 7) is 3.60. The van der Waals surface area contributed by atoms with Crippen molar-refractivity contribution >= 4 is 22.6 Å². The highest BCUT2D eigenvalue weighted by Crippen LogP contribution is 2.22. The van der Waals surface area contributed by atoms with Gasteiger partial charge in [-0.1, -0.05) is 12.1 Å². The molecule has 0 aliphatic rings. The summed E-state index contributed by atoms with van der Waals surface area (Å²) in [6, 6.07) is 7.93. The second-order valence-corrected chi connectivity index (χ2v) is 4.07. The van der Waals surface area contributed by atoms with Gasteiger partial charge in [0.05, 0.1) is 11.4 Å². The Morgan fingerprint density at radius 1 is 1.33 bits per heavy atom. The number of nitrogens with zero attached hydrogens (tertiary/aromatic N) is 3. The number of amidine groups is 1. The lowest BCUT2D eigenvalue weighted by atomic mass is 10.2. The highest BCUT2D eigenvalue weighted by molar-refractivity contribution is 5.89. The largest absolute Gasteiger partial charge is 0.388 e. The first-order valence-corrected chi connectivity index (χ1v) is 6.00. The van der Waals surface area contributed by atoms with E-state index in [1.807, 2.05) is 24.3 Å². The fourth-order valence-corrected chi connectivity index (χ4v) is 1.91. The zero-order chi connectivity index (χ0) is 13.0. The molecule has 0 aliphatic heterocycles. The quantitative estimate of drug-likeness (QED) is 0.619. The first-order valence-electron chi connectivity index (χ1n) is 6.00. The number of para-hydroxylation sites is 1. The third kappa shape index (κ3) is 2.56. The van der Waals surface area contributed by atoms with E-state index < -0.39 is 0 Å². The van der Waals surface area contributed by atoms with Gasteiger partial charge in [-0.15, -0.1) is 0 Å². The average Bonchev–Trinajstić information content (AvgIpc) is 2.39. The lowest BCUT2D eigenvalue weighted by Crippen LogP contribution is -2.28. The second-order valence-electron chi connectivity index (χ2n) is 4.07. The van der Waals surface area contributed by atoms with Crippen LogP contribution < -0.4 is 10.6 Å². The van der Waals surface area contributed by atoms with Crippen molar-refractivity contribution in [3.63, 3.8) is 0 Å². The first-order chi connectivity index (χ1) is 8.72. The lowest BCUT2D eigenvalue weighted by molar-refractivity contribution is 0.817. The van der Waals surface area contributed by atoms with E-state index in [0.29, 0.717) is 13.0 Å². The molecule has 0 unspecified atom stereocenters. The molecule has 3 N–H and O–H groups in total. The molecular formula is C13H17N5. The molecule has 0 amide bonds. The van der Waals surface area contributed by atoms with E-state index in [0.717, 1.165) is 23.3 Å². The van der Waals surface area contributed by atoms with Gasteiger partial charge < -0.3 is 10.6 Å². The van der Waals surface area contributed by atoms with E-state index in [2.05, 4.69) is 21.8 Å². The van der Waals surface area contributed by atoms with Crippen LogP contribution in [0.25, 0.3) is 10.9 Å². The maximum atomic E-state index is 7.31. The first kappa shape index (κ1) is 12.3. The van der Waals surface area contributed by atoms with Gasteiger partial charge in [0.15, 0.2) is 0 Å². The monoisotopic (exact) mass is 243 g/mol. The summed E-state index contributed by atoms with van der Waals surface area (Å²) in [6.07, 6.45) is 2.13. The third-order valence-electron chi connectivity index (χ3n) is 2.85. The number of fused-ring (bicyclic) bond motifs is 1. The molecule has 94 valence electrons. The Kier molecular flexibility index (Phi) is 3.72. The van der Waals surface area contributed by atoms with Gasteiger partial charge in [-0.3, -0.25) is 5.41 Å². The molecule has 0 saturated carbocycles. The van der Waals surface area contributed by atoms with E-state index >= 15 is 0 Å². The zero-order valence-electron chi connectivity index (χ0n) is 10.4. The maximum absolute atomic E-state index is 7.31. The van der Waals surface area contributed by atoms with Crippen molar-refractivity contribution in [2.24, 2.45) is 5.73 Å². The molecule has 1 heterocycles. The highest BCUT2D eigenvalue weighted by atomic mass is 15.2. The standard InChI is InChI=1S/C13H17N5/c1-2-18(8-7-12(14)15)13-10-5-3-4-6-11(10)16-9-17-13/h3-6,9H,2,7-8H2,1H3,(H3,14,15). The normalized spacial score (nSPS) is 10.5. The Bertz CT molecular complexity index is 547. The number of benzene rings is 1. The maximum Gasteiger partial charge on any atom is 0.139 e. The van der Waals surface area contributed by atoms with Gasteiger partial charge in [0.25, 0.3) is 0 Å². The summed E-state index contributed by atoms with van der Waals surface area (Å²) in [7, 11) is 0. The van der Waals surface area contributed by atoms with Crippen LogP contribution in [0.3, 0.4) is 0 Å². The highest BCUT2D eigenvalue weighted by Gasteiger charge is 2.10. The summed E-state index contributed by atoms with van der Waals surface area (Å²) in [5.41, 5.74) is 6.34. The van der Waals surface area contributed by atoms with Crippen LogP contribution in [-0.2, 0) is 0 Å². The Balaban J connectivity index is 2.35. The van der Waals surface area contributed by atoms with Gasteiger partial charge in [0, 0.05) is 24.9 Å². The van der Waals surface area contributed by atoms with Crippen LogP contribution in [0.2, 0.25) is 0 Å². The van der Waals surface area contributed by atoms with E-state index in [-0.39, 0.29) is 5.84 Å². The number of hydrogen-bond acceptors (Lipinski definition) is 4. The SMILES string of the molecule is CCN(CCC(=N)N)c1ncnc2ccccc12. The summed E-state index contributed by atoms with van der Waals surface area (Å²) in [5.74, 6) is 1.11. The van der Waals surface area contributed by atoms with Gasteiger partial charge in [-0.05, 0) is 19.1 Å². The van der Waals surface area contributed by atoms with E-state index in [1.54, 1.807) is 6.33 Å². The molecule has 0 saturated heterocycles. The van der Waals surface area contributed by atoms with E-state index in [4.69, 9.17) is 11.1 Å². The predicted octanol–water partition coefficient (Wildman–Crippen LogP) is 1.78. The molecule has 0 bridgehead atoms. The molecule has 2 rings (SSSR count). The van der Waals surface area contributed by atoms with Gasteiger partial charge in [-0.25, -0.2) is 9.97 Å². The van der Waals surface area contributed by atoms with Gasteiger partial charge in [0.1, 0.15) is 12.1 Å². The van der Waals surface area contributed by atoms with Gasteiger partial charge >= 0.3 is 0 Å². The summed E-state index contributed by atoms with van der Waals surface area (Å²) in [5, 5.41) is 8.34. The molecule has 0 atom stereocenters. The fourth-order valence-electron chi connectivity index (χ4n) is 1.91. The van der Waals surface area contributed by atoms with Crippen molar-refractivity contribution in [1.29, 1.82) is 5.41 Å². The Morgan fingerprint density at radius 2 is 2.11 bits per heavy atom. The number of rotatable bonds is 5. The van der Waals surface area contributed by atoms with Crippen molar-refractivity contribution < 1.29 is 0 Å². The number of anilines is 1. The summed E-state index contributed by atoms with van der Waals surface area (Å²) >= 11 is 0. The lowest BCUT2D eigenvalue weighted by Gasteiger charge is -2.22. The van der Waals surface area contributed by atoms with Crippen molar-refractivity contribution in [1.82, 2.24) is 9.97 Å². The number of hydrogen-bond donors (Lipinski definition) is 2. The minimum absolute atomic E-state index is 0.201. The van der Waals surface area contributed by atoms with Crippen LogP contribution in [0.15, 0.2) is 30.6 Å². The number of nitrogens with one attached hydrogen (secondary N) is 1. The zero-order valence-corrected chi connectivity index (χ0v) is 10.4. The van der Waals surface area contributed by atoms with Crippen molar-refractivity contribution in [3.8, 4) is 0 Å². The minimum Gasteiger partial charge on any atom is -0.388 e. The molecule has 0 spiro atoms. The molecule has 1 aromatic heterocycles. The number of nitrogens with two attached hydrogens (primary N) is 1. The minimum atomic E-state index is 0.201. The molecule has 0 radical (unpaired) electrons. The molecule has 1 aromatic carbocycles. The van der Waals surface area contributed by atoms with Crippen LogP contribution in [0.4, 0.5) is 5.82 Å². The van der Waals surface area contributed by atoms with Gasteiger partial charge in [-0.2, -0.15) is 0 Å². The molecule has 2 aromatic rings. The van der Waals surface area contributed by atoms with Crippen LogP contribution in [0, 0.1) is 5.41 Å². The third-order valence-corrected chi connectivity index (χ3v) is 2.85. The van der Waals surface area contributed by atoms with Crippen LogP contribution >= 0.6 is 0 Å². The van der Waals surface area contributed by atoms with Crippen molar-refractivity contribution in [3.05, 3.63) is 30.6 Å².